The van der Waals surface area contributed by atoms with Crippen LogP contribution in [0.4, 0.5) is 4.39 Å². The van der Waals surface area contributed by atoms with Gasteiger partial charge in [-0.2, -0.15) is 0 Å². The van der Waals surface area contributed by atoms with Crippen molar-refractivity contribution in [2.24, 2.45) is 5.73 Å². The summed E-state index contributed by atoms with van der Waals surface area (Å²) in [5.74, 6) is -0.165. The molecule has 2 N–H and O–H groups in total. The van der Waals surface area contributed by atoms with Gasteiger partial charge in [-0.3, -0.25) is 0 Å². The Morgan fingerprint density at radius 1 is 1.11 bits per heavy atom. The first kappa shape index (κ1) is 12.8. The van der Waals surface area contributed by atoms with E-state index in [1.807, 2.05) is 30.3 Å². The molecule has 2 aromatic rings. The van der Waals surface area contributed by atoms with Crippen molar-refractivity contribution in [1.82, 2.24) is 0 Å². The normalized spacial score (nSPS) is 12.4. The maximum atomic E-state index is 13.5. The van der Waals surface area contributed by atoms with E-state index in [9.17, 15) is 4.39 Å². The lowest BCUT2D eigenvalue weighted by Gasteiger charge is -2.11. The van der Waals surface area contributed by atoms with E-state index in [4.69, 9.17) is 5.73 Å². The summed E-state index contributed by atoms with van der Waals surface area (Å²) in [5.41, 5.74) is 9.75. The molecule has 0 aliphatic heterocycles. The van der Waals surface area contributed by atoms with Crippen LogP contribution in [0.5, 0.6) is 0 Å². The fraction of sp³-hybridized carbons (Fsp3) is 0.250. The largest absolute Gasteiger partial charge is 0.324 e. The quantitative estimate of drug-likeness (QED) is 0.858. The van der Waals surface area contributed by atoms with Gasteiger partial charge in [0.05, 0.1) is 0 Å². The fourth-order valence-corrected chi connectivity index (χ4v) is 2.07. The molecule has 1 nitrogen and oxygen atoms in total. The van der Waals surface area contributed by atoms with Gasteiger partial charge >= 0.3 is 0 Å². The Labute approximate surface area is 107 Å². The molecule has 0 heterocycles. The van der Waals surface area contributed by atoms with E-state index in [2.05, 4.69) is 6.92 Å². The van der Waals surface area contributed by atoms with Gasteiger partial charge in [-0.25, -0.2) is 4.39 Å². The Morgan fingerprint density at radius 2 is 1.78 bits per heavy atom. The molecule has 0 saturated heterocycles. The zero-order valence-corrected chi connectivity index (χ0v) is 10.8. The number of halogens is 1. The monoisotopic (exact) mass is 243 g/mol. The first-order chi connectivity index (χ1) is 8.63. The predicted octanol–water partition coefficient (Wildman–Crippen LogP) is 4.21. The van der Waals surface area contributed by atoms with Crippen molar-refractivity contribution in [2.45, 2.75) is 26.3 Å². The summed E-state index contributed by atoms with van der Waals surface area (Å²) in [4.78, 5) is 0. The van der Waals surface area contributed by atoms with Gasteiger partial charge < -0.3 is 5.73 Å². The Kier molecular flexibility index (Phi) is 3.78. The van der Waals surface area contributed by atoms with Gasteiger partial charge in [0.2, 0.25) is 0 Å². The fourth-order valence-electron chi connectivity index (χ4n) is 2.07. The molecule has 0 aliphatic rings. The second-order valence-electron chi connectivity index (χ2n) is 4.55. The number of rotatable bonds is 3. The first-order valence-corrected chi connectivity index (χ1v) is 6.24. The lowest BCUT2D eigenvalue weighted by atomic mass is 9.97. The summed E-state index contributed by atoms with van der Waals surface area (Å²) >= 11 is 0. The van der Waals surface area contributed by atoms with E-state index in [1.54, 1.807) is 13.0 Å². The van der Waals surface area contributed by atoms with Gasteiger partial charge in [0.15, 0.2) is 0 Å². The number of hydrogen-bond donors (Lipinski definition) is 1. The molecule has 0 aliphatic carbocycles. The van der Waals surface area contributed by atoms with E-state index < -0.39 is 0 Å². The average Bonchev–Trinajstić information content (AvgIpc) is 2.41. The third-order valence-electron chi connectivity index (χ3n) is 3.36. The van der Waals surface area contributed by atoms with Gasteiger partial charge in [0, 0.05) is 6.04 Å². The number of hydrogen-bond acceptors (Lipinski definition) is 1. The molecule has 0 bridgehead atoms. The van der Waals surface area contributed by atoms with E-state index in [0.29, 0.717) is 5.56 Å². The number of benzene rings is 2. The van der Waals surface area contributed by atoms with Crippen molar-refractivity contribution in [1.29, 1.82) is 0 Å². The van der Waals surface area contributed by atoms with Crippen LogP contribution in [-0.2, 0) is 0 Å². The van der Waals surface area contributed by atoms with Gasteiger partial charge in [0.1, 0.15) is 5.82 Å². The molecule has 2 rings (SSSR count). The minimum Gasteiger partial charge on any atom is -0.324 e. The van der Waals surface area contributed by atoms with Crippen LogP contribution in [0, 0.1) is 12.7 Å². The molecule has 18 heavy (non-hydrogen) atoms. The molecule has 0 fully saturated rings. The SMILES string of the molecule is CCC(N)c1ccc(-c2cccc(F)c2C)cc1. The maximum absolute atomic E-state index is 13.5. The molecule has 2 aromatic carbocycles. The third-order valence-corrected chi connectivity index (χ3v) is 3.36. The molecule has 0 spiro atoms. The zero-order chi connectivity index (χ0) is 13.1. The molecule has 94 valence electrons. The summed E-state index contributed by atoms with van der Waals surface area (Å²) in [5, 5.41) is 0. The van der Waals surface area contributed by atoms with Crippen molar-refractivity contribution >= 4 is 0 Å². The molecule has 2 heteroatoms. The molecule has 0 radical (unpaired) electrons. The third kappa shape index (κ3) is 2.44. The summed E-state index contributed by atoms with van der Waals surface area (Å²) in [6.07, 6.45) is 0.915. The summed E-state index contributed by atoms with van der Waals surface area (Å²) < 4.78 is 13.5. The Bertz CT molecular complexity index is 531. The van der Waals surface area contributed by atoms with E-state index in [1.165, 1.54) is 6.07 Å². The zero-order valence-electron chi connectivity index (χ0n) is 10.8. The maximum Gasteiger partial charge on any atom is 0.126 e. The van der Waals surface area contributed by atoms with Crippen LogP contribution in [0.25, 0.3) is 11.1 Å². The van der Waals surface area contributed by atoms with E-state index in [-0.39, 0.29) is 11.9 Å². The summed E-state index contributed by atoms with van der Waals surface area (Å²) in [6, 6.07) is 13.3. The second kappa shape index (κ2) is 5.32. The van der Waals surface area contributed by atoms with Crippen LogP contribution in [0.3, 0.4) is 0 Å². The second-order valence-corrected chi connectivity index (χ2v) is 4.55. The molecule has 0 aromatic heterocycles. The van der Waals surface area contributed by atoms with E-state index in [0.717, 1.165) is 23.1 Å². The molecule has 1 atom stereocenters. The predicted molar refractivity (Wildman–Crippen MR) is 73.8 cm³/mol. The molecular weight excluding hydrogens is 225 g/mol. The van der Waals surface area contributed by atoms with Gasteiger partial charge in [-0.1, -0.05) is 43.3 Å². The van der Waals surface area contributed by atoms with Crippen LogP contribution in [0.1, 0.15) is 30.5 Å². The number of nitrogens with two attached hydrogens (primary N) is 1. The standard InChI is InChI=1S/C16H18FN/c1-3-16(18)13-9-7-12(8-10-13)14-5-4-6-15(17)11(14)2/h4-10,16H,3,18H2,1-2H3. The Morgan fingerprint density at radius 3 is 2.39 bits per heavy atom. The molecule has 0 saturated carbocycles. The Balaban J connectivity index is 2.37. The van der Waals surface area contributed by atoms with Gasteiger partial charge in [-0.05, 0) is 41.7 Å². The first-order valence-electron chi connectivity index (χ1n) is 6.24. The summed E-state index contributed by atoms with van der Waals surface area (Å²) in [6.45, 7) is 3.87. The highest BCUT2D eigenvalue weighted by atomic mass is 19.1. The highest BCUT2D eigenvalue weighted by molar-refractivity contribution is 5.67. The Hall–Kier alpha value is -1.67. The van der Waals surface area contributed by atoms with Crippen molar-refractivity contribution in [3.63, 3.8) is 0 Å². The topological polar surface area (TPSA) is 26.0 Å². The van der Waals surface area contributed by atoms with Crippen LogP contribution >= 0.6 is 0 Å². The smallest absolute Gasteiger partial charge is 0.126 e. The minimum atomic E-state index is -0.165. The molecule has 0 amide bonds. The van der Waals surface area contributed by atoms with Gasteiger partial charge in [0.25, 0.3) is 0 Å². The van der Waals surface area contributed by atoms with Crippen LogP contribution in [-0.4, -0.2) is 0 Å². The van der Waals surface area contributed by atoms with Crippen LogP contribution in [0.2, 0.25) is 0 Å². The molecular formula is C16H18FN. The highest BCUT2D eigenvalue weighted by Crippen LogP contribution is 2.26. The highest BCUT2D eigenvalue weighted by Gasteiger charge is 2.07. The van der Waals surface area contributed by atoms with Crippen molar-refractivity contribution in [3.8, 4) is 11.1 Å². The lowest BCUT2D eigenvalue weighted by Crippen LogP contribution is -2.08. The van der Waals surface area contributed by atoms with Crippen molar-refractivity contribution in [3.05, 3.63) is 59.4 Å². The summed E-state index contributed by atoms with van der Waals surface area (Å²) in [7, 11) is 0. The average molecular weight is 243 g/mol. The molecule has 1 unspecified atom stereocenters. The van der Waals surface area contributed by atoms with Crippen molar-refractivity contribution in [2.75, 3.05) is 0 Å². The lowest BCUT2D eigenvalue weighted by molar-refractivity contribution is 0.619. The van der Waals surface area contributed by atoms with Crippen molar-refractivity contribution < 1.29 is 4.39 Å². The minimum absolute atomic E-state index is 0.0765. The van der Waals surface area contributed by atoms with E-state index >= 15 is 0 Å². The van der Waals surface area contributed by atoms with Crippen LogP contribution < -0.4 is 5.73 Å². The van der Waals surface area contributed by atoms with Gasteiger partial charge in [-0.15, -0.1) is 0 Å². The van der Waals surface area contributed by atoms with Crippen LogP contribution in [0.15, 0.2) is 42.5 Å².